The van der Waals surface area contributed by atoms with Crippen molar-refractivity contribution in [2.75, 3.05) is 11.8 Å². The first-order valence-electron chi connectivity index (χ1n) is 8.13. The van der Waals surface area contributed by atoms with Crippen molar-refractivity contribution in [1.29, 1.82) is 0 Å². The molecular formula is C16H30Cl2N2O3. The average molecular weight is 369 g/mol. The number of carboxylic acids is 1. The summed E-state index contributed by atoms with van der Waals surface area (Å²) in [7, 11) is 0. The highest BCUT2D eigenvalue weighted by molar-refractivity contribution is 6.27. The number of nitrogens with zero attached hydrogens (tertiary/aromatic N) is 1. The molecule has 0 aromatic heterocycles. The molecule has 136 valence electrons. The van der Waals surface area contributed by atoms with Gasteiger partial charge in [0.15, 0.2) is 0 Å². The summed E-state index contributed by atoms with van der Waals surface area (Å²) >= 11 is 10.2. The smallest absolute Gasteiger partial charge is 0.318 e. The molecular weight excluding hydrogens is 339 g/mol. The quantitative estimate of drug-likeness (QED) is 0.734. The van der Waals surface area contributed by atoms with Gasteiger partial charge in [-0.15, -0.1) is 23.2 Å². The number of aliphatic carboxylic acids is 1. The van der Waals surface area contributed by atoms with Gasteiger partial charge < -0.3 is 15.3 Å². The minimum absolute atomic E-state index is 0.0733. The Morgan fingerprint density at radius 3 is 1.57 bits per heavy atom. The summed E-state index contributed by atoms with van der Waals surface area (Å²) in [4.78, 5) is 22.4. The van der Waals surface area contributed by atoms with E-state index in [1.54, 1.807) is 0 Å². The molecule has 0 aromatic rings. The molecule has 4 unspecified atom stereocenters. The van der Waals surface area contributed by atoms with Gasteiger partial charge in [0, 0.05) is 24.2 Å². The van der Waals surface area contributed by atoms with Crippen LogP contribution < -0.4 is 5.32 Å². The van der Waals surface area contributed by atoms with Crippen LogP contribution in [-0.2, 0) is 9.59 Å². The lowest BCUT2D eigenvalue weighted by Crippen LogP contribution is -2.39. The van der Waals surface area contributed by atoms with Crippen LogP contribution in [0.4, 0.5) is 0 Å². The van der Waals surface area contributed by atoms with E-state index in [2.05, 4.69) is 33.0 Å². The SMILES string of the molecule is CC1CCC(C)N1.CC1CCC(C)N1C(=O)CCl.O=C(O)CCl. The van der Waals surface area contributed by atoms with Crippen molar-refractivity contribution < 1.29 is 14.7 Å². The summed E-state index contributed by atoms with van der Waals surface area (Å²) in [6, 6.07) is 2.32. The Balaban J connectivity index is 0.000000347. The number of carbonyl (C=O) groups is 2. The number of hydrogen-bond acceptors (Lipinski definition) is 3. The maximum absolute atomic E-state index is 11.2. The first-order valence-corrected chi connectivity index (χ1v) is 9.20. The number of carboxylic acid groups (broad SMARTS) is 1. The predicted molar refractivity (Wildman–Crippen MR) is 95.4 cm³/mol. The summed E-state index contributed by atoms with van der Waals surface area (Å²) in [5.41, 5.74) is 0. The number of likely N-dealkylation sites (tertiary alicyclic amines) is 1. The van der Waals surface area contributed by atoms with Crippen LogP contribution in [0.15, 0.2) is 0 Å². The molecule has 2 rings (SSSR count). The number of carbonyl (C=O) groups excluding carboxylic acids is 1. The van der Waals surface area contributed by atoms with Crippen LogP contribution in [0.25, 0.3) is 0 Å². The van der Waals surface area contributed by atoms with Crippen molar-refractivity contribution in [3.05, 3.63) is 0 Å². The largest absolute Gasteiger partial charge is 0.480 e. The fourth-order valence-electron chi connectivity index (χ4n) is 2.91. The van der Waals surface area contributed by atoms with E-state index in [4.69, 9.17) is 28.3 Å². The molecule has 0 radical (unpaired) electrons. The van der Waals surface area contributed by atoms with E-state index in [0.717, 1.165) is 24.9 Å². The van der Waals surface area contributed by atoms with Crippen molar-refractivity contribution >= 4 is 35.1 Å². The van der Waals surface area contributed by atoms with Gasteiger partial charge >= 0.3 is 5.97 Å². The maximum Gasteiger partial charge on any atom is 0.318 e. The molecule has 7 heteroatoms. The standard InChI is InChI=1S/C8H14ClNO.C6H13N.C2H3ClO2/c1-6-3-4-7(2)10(6)8(11)5-9;1-5-3-4-6(2)7-5;3-1-2(4)5/h6-7H,3-5H2,1-2H3;5-7H,3-4H2,1-2H3;1H2,(H,4,5). The second-order valence-corrected chi connectivity index (χ2v) is 6.82. The molecule has 2 N–H and O–H groups in total. The molecule has 2 heterocycles. The van der Waals surface area contributed by atoms with Gasteiger partial charge in [0.25, 0.3) is 0 Å². The fourth-order valence-corrected chi connectivity index (χ4v) is 3.05. The van der Waals surface area contributed by atoms with Crippen LogP contribution in [0.5, 0.6) is 0 Å². The van der Waals surface area contributed by atoms with Crippen molar-refractivity contribution in [1.82, 2.24) is 10.2 Å². The molecule has 2 aliphatic rings. The first-order chi connectivity index (χ1) is 10.7. The molecule has 2 saturated heterocycles. The molecule has 1 amide bonds. The number of rotatable bonds is 2. The first kappa shape index (κ1) is 22.5. The zero-order valence-electron chi connectivity index (χ0n) is 14.5. The molecule has 0 spiro atoms. The Morgan fingerprint density at radius 1 is 0.957 bits per heavy atom. The monoisotopic (exact) mass is 368 g/mol. The predicted octanol–water partition coefficient (Wildman–Crippen LogP) is 3.08. The molecule has 2 aliphatic heterocycles. The number of hydrogen-bond donors (Lipinski definition) is 2. The second-order valence-electron chi connectivity index (χ2n) is 6.28. The summed E-state index contributed by atoms with van der Waals surface area (Å²) < 4.78 is 0. The van der Waals surface area contributed by atoms with E-state index in [0.29, 0.717) is 12.1 Å². The molecule has 2 fully saturated rings. The van der Waals surface area contributed by atoms with Crippen LogP contribution in [0.3, 0.4) is 0 Å². The van der Waals surface area contributed by atoms with Crippen LogP contribution in [0, 0.1) is 0 Å². The van der Waals surface area contributed by atoms with E-state index < -0.39 is 5.97 Å². The lowest BCUT2D eigenvalue weighted by atomic mass is 10.2. The van der Waals surface area contributed by atoms with Gasteiger partial charge in [-0.05, 0) is 53.4 Å². The number of alkyl halides is 2. The van der Waals surface area contributed by atoms with Gasteiger partial charge in [-0.1, -0.05) is 0 Å². The van der Waals surface area contributed by atoms with Crippen molar-refractivity contribution in [3.8, 4) is 0 Å². The van der Waals surface area contributed by atoms with E-state index in [9.17, 15) is 9.59 Å². The van der Waals surface area contributed by atoms with Crippen molar-refractivity contribution in [2.24, 2.45) is 0 Å². The summed E-state index contributed by atoms with van der Waals surface area (Å²) in [6.07, 6.45) is 4.95. The third kappa shape index (κ3) is 9.38. The van der Waals surface area contributed by atoms with Gasteiger partial charge in [0.1, 0.15) is 11.8 Å². The topological polar surface area (TPSA) is 69.6 Å². The normalized spacial score (nSPS) is 29.2. The Kier molecular flexibility index (Phi) is 11.7. The van der Waals surface area contributed by atoms with Gasteiger partial charge in [-0.2, -0.15) is 0 Å². The average Bonchev–Trinajstić information content (AvgIpc) is 3.04. The number of nitrogens with one attached hydrogen (secondary N) is 1. The molecule has 4 atom stereocenters. The third-order valence-electron chi connectivity index (χ3n) is 4.07. The molecule has 0 bridgehead atoms. The van der Waals surface area contributed by atoms with Crippen molar-refractivity contribution in [2.45, 2.75) is 77.5 Å². The van der Waals surface area contributed by atoms with Crippen LogP contribution in [0.2, 0.25) is 0 Å². The van der Waals surface area contributed by atoms with E-state index in [1.165, 1.54) is 12.8 Å². The fraction of sp³-hybridized carbons (Fsp3) is 0.875. The van der Waals surface area contributed by atoms with Gasteiger partial charge in [0.2, 0.25) is 5.91 Å². The summed E-state index contributed by atoms with van der Waals surface area (Å²) in [5, 5.41) is 11.0. The Morgan fingerprint density at radius 2 is 1.35 bits per heavy atom. The molecule has 0 saturated carbocycles. The minimum atomic E-state index is -0.980. The number of halogens is 2. The molecule has 23 heavy (non-hydrogen) atoms. The highest BCUT2D eigenvalue weighted by Crippen LogP contribution is 2.23. The van der Waals surface area contributed by atoms with Gasteiger partial charge in [0.05, 0.1) is 0 Å². The highest BCUT2D eigenvalue weighted by atomic mass is 35.5. The zero-order chi connectivity index (χ0) is 18.0. The molecule has 0 aliphatic carbocycles. The molecule has 5 nitrogen and oxygen atoms in total. The summed E-state index contributed by atoms with van der Waals surface area (Å²) in [6.45, 7) is 8.63. The van der Waals surface area contributed by atoms with Crippen molar-refractivity contribution in [3.63, 3.8) is 0 Å². The van der Waals surface area contributed by atoms with Gasteiger partial charge in [-0.3, -0.25) is 9.59 Å². The Bertz CT molecular complexity index is 351. The lowest BCUT2D eigenvalue weighted by molar-refractivity contribution is -0.134. The lowest BCUT2D eigenvalue weighted by Gasteiger charge is -2.25. The van der Waals surface area contributed by atoms with E-state index in [1.807, 2.05) is 4.90 Å². The zero-order valence-corrected chi connectivity index (χ0v) is 16.0. The van der Waals surface area contributed by atoms with Crippen LogP contribution >= 0.6 is 23.2 Å². The van der Waals surface area contributed by atoms with Gasteiger partial charge in [-0.25, -0.2) is 0 Å². The minimum Gasteiger partial charge on any atom is -0.480 e. The summed E-state index contributed by atoms with van der Waals surface area (Å²) in [5.74, 6) is -1.09. The third-order valence-corrected chi connectivity index (χ3v) is 4.53. The highest BCUT2D eigenvalue weighted by Gasteiger charge is 2.30. The second kappa shape index (κ2) is 11.9. The Labute approximate surface area is 149 Å². The molecule has 0 aromatic carbocycles. The van der Waals surface area contributed by atoms with E-state index >= 15 is 0 Å². The number of amides is 1. The van der Waals surface area contributed by atoms with E-state index in [-0.39, 0.29) is 17.7 Å². The maximum atomic E-state index is 11.2. The Hall–Kier alpha value is -0.520. The van der Waals surface area contributed by atoms with Crippen LogP contribution in [0.1, 0.15) is 53.4 Å². The van der Waals surface area contributed by atoms with Crippen LogP contribution in [-0.4, -0.2) is 57.8 Å².